The maximum absolute atomic E-state index is 12.5. The van der Waals surface area contributed by atoms with Gasteiger partial charge in [-0.1, -0.05) is 24.4 Å². The minimum absolute atomic E-state index is 0.0248. The third-order valence-corrected chi connectivity index (χ3v) is 5.04. The normalized spacial score (nSPS) is 15.8. The van der Waals surface area contributed by atoms with Crippen LogP contribution in [0.5, 0.6) is 5.75 Å². The molecule has 26 heavy (non-hydrogen) atoms. The summed E-state index contributed by atoms with van der Waals surface area (Å²) in [5.74, 6) is 1.55. The molecule has 1 amide bonds. The number of carbonyl (C=O) groups is 1. The van der Waals surface area contributed by atoms with Gasteiger partial charge in [0, 0.05) is 16.7 Å². The number of hydrogen-bond acceptors (Lipinski definition) is 3. The second-order valence-electron chi connectivity index (χ2n) is 6.91. The van der Waals surface area contributed by atoms with Crippen molar-refractivity contribution in [2.75, 3.05) is 26.0 Å². The van der Waals surface area contributed by atoms with Gasteiger partial charge in [-0.2, -0.15) is 5.10 Å². The number of amides is 1. The van der Waals surface area contributed by atoms with E-state index in [-0.39, 0.29) is 5.91 Å². The molecule has 1 aromatic heterocycles. The molecule has 2 N–H and O–H groups in total. The van der Waals surface area contributed by atoms with E-state index in [2.05, 4.69) is 10.4 Å². The van der Waals surface area contributed by atoms with Crippen LogP contribution in [0.2, 0.25) is 5.02 Å². The molecular weight excluding hydrogens is 352 g/mol. The fourth-order valence-corrected chi connectivity index (χ4v) is 3.78. The molecule has 0 aliphatic heterocycles. The molecule has 3 rings (SSSR count). The summed E-state index contributed by atoms with van der Waals surface area (Å²) in [7, 11) is 3.62. The first-order chi connectivity index (χ1) is 12.6. The molecule has 0 spiro atoms. The zero-order valence-electron chi connectivity index (χ0n) is 15.3. The Balaban J connectivity index is 1.58. The molecule has 1 unspecified atom stereocenters. The first kappa shape index (κ1) is 18.7. The van der Waals surface area contributed by atoms with Crippen LogP contribution in [0.4, 0.5) is 5.82 Å². The van der Waals surface area contributed by atoms with Gasteiger partial charge in [-0.15, -0.1) is 0 Å². The van der Waals surface area contributed by atoms with Gasteiger partial charge in [0.25, 0.3) is 5.91 Å². The van der Waals surface area contributed by atoms with Crippen LogP contribution in [0.15, 0.2) is 30.5 Å². The predicted octanol–water partition coefficient (Wildman–Crippen LogP) is 2.31. The van der Waals surface area contributed by atoms with Crippen LogP contribution < -0.4 is 15.0 Å². The summed E-state index contributed by atoms with van der Waals surface area (Å²) in [4.78, 5) is 13.5. The Morgan fingerprint density at radius 1 is 1.38 bits per heavy atom. The van der Waals surface area contributed by atoms with Crippen LogP contribution in [0.1, 0.15) is 37.3 Å². The van der Waals surface area contributed by atoms with E-state index in [0.717, 1.165) is 34.9 Å². The number of nitrogens with zero attached hydrogens (tertiary/aromatic N) is 2. The van der Waals surface area contributed by atoms with Crippen molar-refractivity contribution in [3.05, 3.63) is 41.0 Å². The van der Waals surface area contributed by atoms with E-state index in [9.17, 15) is 4.79 Å². The Kier molecular flexibility index (Phi) is 6.16. The zero-order chi connectivity index (χ0) is 18.5. The molecule has 0 saturated heterocycles. The van der Waals surface area contributed by atoms with Gasteiger partial charge < -0.3 is 15.0 Å². The van der Waals surface area contributed by atoms with Gasteiger partial charge in [0.15, 0.2) is 6.54 Å². The lowest BCUT2D eigenvalue weighted by Gasteiger charge is -2.17. The number of carbonyl (C=O) groups excluding carboxylic acids is 1. The first-order valence-corrected chi connectivity index (χ1v) is 9.41. The second-order valence-corrected chi connectivity index (χ2v) is 7.35. The van der Waals surface area contributed by atoms with E-state index in [1.165, 1.54) is 12.8 Å². The fraction of sp³-hybridized carbons (Fsp3) is 0.474. The summed E-state index contributed by atoms with van der Waals surface area (Å²) in [6, 6.07) is 7.81. The highest BCUT2D eigenvalue weighted by Crippen LogP contribution is 2.31. The smallest absolute Gasteiger partial charge is 0.280 e. The van der Waals surface area contributed by atoms with Crippen molar-refractivity contribution in [3.8, 4) is 5.75 Å². The molecule has 1 atom stereocenters. The molecule has 1 aromatic carbocycles. The molecule has 1 aliphatic carbocycles. The van der Waals surface area contributed by atoms with E-state index >= 15 is 0 Å². The van der Waals surface area contributed by atoms with E-state index < -0.39 is 0 Å². The van der Waals surface area contributed by atoms with E-state index in [4.69, 9.17) is 16.3 Å². The van der Waals surface area contributed by atoms with Crippen molar-refractivity contribution in [2.24, 2.45) is 0 Å². The molecular formula is C19H26ClN4O2+. The zero-order valence-corrected chi connectivity index (χ0v) is 16.1. The van der Waals surface area contributed by atoms with Crippen LogP contribution in [0.25, 0.3) is 0 Å². The number of hydrogen-bond donors (Lipinski definition) is 2. The summed E-state index contributed by atoms with van der Waals surface area (Å²) < 4.78 is 7.34. The second kappa shape index (κ2) is 8.56. The van der Waals surface area contributed by atoms with Gasteiger partial charge >= 0.3 is 0 Å². The average molecular weight is 378 g/mol. The van der Waals surface area contributed by atoms with Crippen LogP contribution in [0.3, 0.4) is 0 Å². The SMILES string of the molecule is COc1ccc(Cl)cc1C[NH+](C)CC(=O)Nc1ccnn1C1CCCC1. The number of quaternary nitrogens is 1. The Labute approximate surface area is 159 Å². The van der Waals surface area contributed by atoms with Crippen LogP contribution >= 0.6 is 11.6 Å². The number of benzene rings is 1. The van der Waals surface area contributed by atoms with Crippen molar-refractivity contribution in [1.29, 1.82) is 0 Å². The highest BCUT2D eigenvalue weighted by molar-refractivity contribution is 6.30. The maximum Gasteiger partial charge on any atom is 0.280 e. The van der Waals surface area contributed by atoms with Gasteiger partial charge in [0.2, 0.25) is 0 Å². The maximum atomic E-state index is 12.5. The molecule has 2 aromatic rings. The van der Waals surface area contributed by atoms with Crippen molar-refractivity contribution in [3.63, 3.8) is 0 Å². The van der Waals surface area contributed by atoms with E-state index in [1.54, 1.807) is 19.4 Å². The van der Waals surface area contributed by atoms with Gasteiger partial charge in [-0.05, 0) is 31.0 Å². The number of methoxy groups -OCH3 is 1. The molecule has 0 bridgehead atoms. The van der Waals surface area contributed by atoms with Gasteiger partial charge in [-0.25, -0.2) is 4.68 Å². The van der Waals surface area contributed by atoms with Crippen LogP contribution in [-0.4, -0.2) is 36.4 Å². The molecule has 1 saturated carbocycles. The lowest BCUT2D eigenvalue weighted by molar-refractivity contribution is -0.885. The molecule has 140 valence electrons. The third-order valence-electron chi connectivity index (χ3n) is 4.81. The number of likely N-dealkylation sites (N-methyl/N-ethyl adjacent to an activating group) is 1. The molecule has 1 fully saturated rings. The van der Waals surface area contributed by atoms with Gasteiger partial charge in [0.1, 0.15) is 18.1 Å². The van der Waals surface area contributed by atoms with Crippen molar-refractivity contribution < 1.29 is 14.4 Å². The quantitative estimate of drug-likeness (QED) is 0.778. The number of aromatic nitrogens is 2. The van der Waals surface area contributed by atoms with Crippen molar-refractivity contribution >= 4 is 23.3 Å². The van der Waals surface area contributed by atoms with E-state index in [1.807, 2.05) is 29.9 Å². The number of rotatable bonds is 7. The van der Waals surface area contributed by atoms with Gasteiger partial charge in [-0.3, -0.25) is 4.79 Å². The molecule has 1 heterocycles. The number of nitrogens with one attached hydrogen (secondary N) is 2. The topological polar surface area (TPSA) is 60.6 Å². The standard InChI is InChI=1S/C19H25ClN4O2/c1-23(12-14-11-15(20)7-8-17(14)26-2)13-19(25)22-18-9-10-21-24(18)16-5-3-4-6-16/h7-11,16H,3-6,12-13H2,1-2H3,(H,22,25)/p+1. The Bertz CT molecular complexity index is 756. The van der Waals surface area contributed by atoms with E-state index in [0.29, 0.717) is 24.2 Å². The monoisotopic (exact) mass is 377 g/mol. The van der Waals surface area contributed by atoms with Crippen molar-refractivity contribution in [1.82, 2.24) is 9.78 Å². The summed E-state index contributed by atoms with van der Waals surface area (Å²) in [6.07, 6.45) is 6.47. The summed E-state index contributed by atoms with van der Waals surface area (Å²) in [5.41, 5.74) is 0.987. The number of ether oxygens (including phenoxy) is 1. The Morgan fingerprint density at radius 3 is 2.88 bits per heavy atom. The molecule has 0 radical (unpaired) electrons. The Morgan fingerprint density at radius 2 is 2.15 bits per heavy atom. The summed E-state index contributed by atoms with van der Waals surface area (Å²) in [6.45, 7) is 1.00. The third kappa shape index (κ3) is 4.56. The largest absolute Gasteiger partial charge is 0.496 e. The van der Waals surface area contributed by atoms with Crippen LogP contribution in [-0.2, 0) is 11.3 Å². The number of anilines is 1. The fourth-order valence-electron chi connectivity index (χ4n) is 3.59. The Hall–Kier alpha value is -2.05. The average Bonchev–Trinajstić information content (AvgIpc) is 3.25. The van der Waals surface area contributed by atoms with Gasteiger partial charge in [0.05, 0.1) is 26.4 Å². The lowest BCUT2D eigenvalue weighted by Crippen LogP contribution is -3.08. The summed E-state index contributed by atoms with van der Waals surface area (Å²) >= 11 is 6.08. The predicted molar refractivity (Wildman–Crippen MR) is 102 cm³/mol. The molecule has 7 heteroatoms. The van der Waals surface area contributed by atoms with Crippen molar-refractivity contribution in [2.45, 2.75) is 38.3 Å². The highest BCUT2D eigenvalue weighted by Gasteiger charge is 2.21. The lowest BCUT2D eigenvalue weighted by atomic mass is 10.2. The highest BCUT2D eigenvalue weighted by atomic mass is 35.5. The molecule has 1 aliphatic rings. The first-order valence-electron chi connectivity index (χ1n) is 9.04. The van der Waals surface area contributed by atoms with Crippen LogP contribution in [0, 0.1) is 0 Å². The number of halogens is 1. The minimum Gasteiger partial charge on any atom is -0.496 e. The minimum atomic E-state index is -0.0248. The molecule has 6 nitrogen and oxygen atoms in total. The summed E-state index contributed by atoms with van der Waals surface area (Å²) in [5, 5.41) is 8.07.